The van der Waals surface area contributed by atoms with Gasteiger partial charge in [0.25, 0.3) is 0 Å². The molecule has 0 amide bonds. The van der Waals surface area contributed by atoms with Crippen LogP contribution in [-0.4, -0.2) is 32.7 Å². The molecule has 26 heavy (non-hydrogen) atoms. The zero-order valence-electron chi connectivity index (χ0n) is 13.8. The van der Waals surface area contributed by atoms with Crippen molar-refractivity contribution in [1.29, 1.82) is 0 Å². The maximum atomic E-state index is 12.2. The van der Waals surface area contributed by atoms with Crippen molar-refractivity contribution in [3.63, 3.8) is 0 Å². The van der Waals surface area contributed by atoms with Crippen molar-refractivity contribution in [1.82, 2.24) is 19.6 Å². The molecule has 7 heteroatoms. The van der Waals surface area contributed by atoms with E-state index in [1.54, 1.807) is 23.0 Å². The summed E-state index contributed by atoms with van der Waals surface area (Å²) in [5, 5.41) is 4.61. The number of ether oxygens (including phenoxy) is 1. The van der Waals surface area contributed by atoms with Gasteiger partial charge < -0.3 is 4.74 Å². The number of hydrogen-bond donors (Lipinski definition) is 0. The molecule has 1 aromatic carbocycles. The second kappa shape index (κ2) is 6.68. The largest absolute Gasteiger partial charge is 0.465 e. The zero-order chi connectivity index (χ0) is 18.1. The van der Waals surface area contributed by atoms with Crippen LogP contribution in [0.2, 0.25) is 0 Å². The number of pyridine rings is 2. The number of nitrogens with zero attached hydrogens (tertiary/aromatic N) is 4. The fraction of sp³-hybridized carbons (Fsp3) is 0.0526. The molecule has 128 valence electrons. The molecular weight excluding hydrogens is 396 g/mol. The minimum Gasteiger partial charge on any atom is -0.465 e. The fourth-order valence-corrected chi connectivity index (χ4v) is 3.11. The van der Waals surface area contributed by atoms with Crippen LogP contribution >= 0.6 is 15.9 Å². The summed E-state index contributed by atoms with van der Waals surface area (Å²) in [5.74, 6) is 0.0339. The highest BCUT2D eigenvalue weighted by atomic mass is 79.9. The Labute approximate surface area is 157 Å². The van der Waals surface area contributed by atoms with Gasteiger partial charge in [-0.05, 0) is 36.4 Å². The maximum absolute atomic E-state index is 12.2. The van der Waals surface area contributed by atoms with Crippen LogP contribution < -0.4 is 0 Å². The van der Waals surface area contributed by atoms with Crippen molar-refractivity contribution >= 4 is 27.5 Å². The van der Waals surface area contributed by atoms with E-state index >= 15 is 0 Å². The molecule has 3 aromatic heterocycles. The molecule has 3 heterocycles. The topological polar surface area (TPSA) is 69.4 Å². The molecule has 0 N–H and O–H groups in total. The third kappa shape index (κ3) is 2.86. The number of esters is 1. The standard InChI is InChI=1S/C19H13BrN4O2/c1-26-19(25)15-7-8-16(12-4-2-6-14(20)10-12)24-18(15)22-17(23-24)13-5-3-9-21-11-13/h2-11H,1H3. The molecule has 4 rings (SSSR count). The Morgan fingerprint density at radius 3 is 2.69 bits per heavy atom. The second-order valence-corrected chi connectivity index (χ2v) is 6.46. The van der Waals surface area contributed by atoms with E-state index in [2.05, 4.69) is 31.0 Å². The van der Waals surface area contributed by atoms with Gasteiger partial charge in [-0.25, -0.2) is 14.3 Å². The summed E-state index contributed by atoms with van der Waals surface area (Å²) in [4.78, 5) is 20.8. The minimum absolute atomic E-state index is 0.355. The van der Waals surface area contributed by atoms with Crippen molar-refractivity contribution in [3.8, 4) is 22.6 Å². The first kappa shape index (κ1) is 16.4. The predicted octanol–water partition coefficient (Wildman–Crippen LogP) is 4.01. The summed E-state index contributed by atoms with van der Waals surface area (Å²) in [7, 11) is 1.35. The highest BCUT2D eigenvalue weighted by Crippen LogP contribution is 2.27. The van der Waals surface area contributed by atoms with Crippen molar-refractivity contribution in [3.05, 3.63) is 71.0 Å². The number of rotatable bonds is 3. The van der Waals surface area contributed by atoms with Crippen molar-refractivity contribution < 1.29 is 9.53 Å². The number of halogens is 1. The lowest BCUT2D eigenvalue weighted by molar-refractivity contribution is 0.0602. The first-order valence-electron chi connectivity index (χ1n) is 7.82. The Balaban J connectivity index is 1.99. The van der Waals surface area contributed by atoms with Gasteiger partial charge >= 0.3 is 5.97 Å². The first-order chi connectivity index (χ1) is 12.7. The van der Waals surface area contributed by atoms with Gasteiger partial charge in [-0.3, -0.25) is 4.98 Å². The number of methoxy groups -OCH3 is 1. The van der Waals surface area contributed by atoms with Gasteiger partial charge in [-0.15, -0.1) is 5.10 Å². The molecule has 4 aromatic rings. The Hall–Kier alpha value is -3.06. The Morgan fingerprint density at radius 1 is 1.12 bits per heavy atom. The number of benzene rings is 1. The molecule has 0 radical (unpaired) electrons. The minimum atomic E-state index is -0.457. The van der Waals surface area contributed by atoms with E-state index in [0.29, 0.717) is 17.0 Å². The normalized spacial score (nSPS) is 10.8. The van der Waals surface area contributed by atoms with E-state index in [4.69, 9.17) is 4.74 Å². The van der Waals surface area contributed by atoms with E-state index in [9.17, 15) is 4.79 Å². The van der Waals surface area contributed by atoms with Gasteiger partial charge in [0.15, 0.2) is 11.5 Å². The molecule has 0 spiro atoms. The van der Waals surface area contributed by atoms with Gasteiger partial charge in [0.2, 0.25) is 0 Å². The van der Waals surface area contributed by atoms with E-state index in [-0.39, 0.29) is 0 Å². The van der Waals surface area contributed by atoms with Gasteiger partial charge in [-0.2, -0.15) is 0 Å². The quantitative estimate of drug-likeness (QED) is 0.479. The summed E-state index contributed by atoms with van der Waals surface area (Å²) in [6.45, 7) is 0. The number of carbonyl (C=O) groups is 1. The van der Waals surface area contributed by atoms with Crippen LogP contribution in [0.15, 0.2) is 65.4 Å². The number of aromatic nitrogens is 4. The maximum Gasteiger partial charge on any atom is 0.341 e. The van der Waals surface area contributed by atoms with Crippen molar-refractivity contribution in [2.75, 3.05) is 7.11 Å². The zero-order valence-corrected chi connectivity index (χ0v) is 15.3. The van der Waals surface area contributed by atoms with Crippen LogP contribution in [0.1, 0.15) is 10.4 Å². The Bertz CT molecular complexity index is 1110. The van der Waals surface area contributed by atoms with Crippen LogP contribution in [0.25, 0.3) is 28.3 Å². The van der Waals surface area contributed by atoms with E-state index in [1.807, 2.05) is 42.5 Å². The summed E-state index contributed by atoms with van der Waals surface area (Å²) in [6.07, 6.45) is 3.37. The molecule has 0 bridgehead atoms. The third-order valence-corrected chi connectivity index (χ3v) is 4.42. The average Bonchev–Trinajstić information content (AvgIpc) is 3.12. The van der Waals surface area contributed by atoms with Crippen LogP contribution in [0.5, 0.6) is 0 Å². The summed E-state index contributed by atoms with van der Waals surface area (Å²) < 4.78 is 7.50. The number of fused-ring (bicyclic) bond motifs is 1. The molecule has 0 fully saturated rings. The second-order valence-electron chi connectivity index (χ2n) is 5.55. The molecule has 0 aliphatic heterocycles. The van der Waals surface area contributed by atoms with Crippen LogP contribution in [0.3, 0.4) is 0 Å². The molecule has 6 nitrogen and oxygen atoms in total. The monoisotopic (exact) mass is 408 g/mol. The van der Waals surface area contributed by atoms with Gasteiger partial charge in [0.1, 0.15) is 5.56 Å². The summed E-state index contributed by atoms with van der Waals surface area (Å²) in [5.41, 5.74) is 3.33. The number of hydrogen-bond acceptors (Lipinski definition) is 5. The SMILES string of the molecule is COC(=O)c1ccc(-c2cccc(Br)c2)n2nc(-c3cccnc3)nc12. The Kier molecular flexibility index (Phi) is 4.22. The van der Waals surface area contributed by atoms with Gasteiger partial charge in [0, 0.05) is 28.0 Å². The smallest absolute Gasteiger partial charge is 0.341 e. The van der Waals surface area contributed by atoms with E-state index < -0.39 is 5.97 Å². The fourth-order valence-electron chi connectivity index (χ4n) is 2.71. The highest BCUT2D eigenvalue weighted by Gasteiger charge is 2.19. The molecule has 0 aliphatic rings. The van der Waals surface area contributed by atoms with Crippen LogP contribution in [0.4, 0.5) is 0 Å². The van der Waals surface area contributed by atoms with Crippen molar-refractivity contribution in [2.24, 2.45) is 0 Å². The predicted molar refractivity (Wildman–Crippen MR) is 101 cm³/mol. The number of carbonyl (C=O) groups excluding carboxylic acids is 1. The van der Waals surface area contributed by atoms with Crippen molar-refractivity contribution in [2.45, 2.75) is 0 Å². The summed E-state index contributed by atoms with van der Waals surface area (Å²) >= 11 is 3.49. The molecular formula is C19H13BrN4O2. The molecule has 0 saturated heterocycles. The van der Waals surface area contributed by atoms with Crippen LogP contribution in [-0.2, 0) is 4.74 Å². The highest BCUT2D eigenvalue weighted by molar-refractivity contribution is 9.10. The Morgan fingerprint density at radius 2 is 1.96 bits per heavy atom. The third-order valence-electron chi connectivity index (χ3n) is 3.93. The first-order valence-corrected chi connectivity index (χ1v) is 8.61. The van der Waals surface area contributed by atoms with E-state index in [0.717, 1.165) is 21.3 Å². The average molecular weight is 409 g/mol. The molecule has 0 aliphatic carbocycles. The van der Waals surface area contributed by atoms with E-state index in [1.165, 1.54) is 7.11 Å². The van der Waals surface area contributed by atoms with Gasteiger partial charge in [-0.1, -0.05) is 28.1 Å². The molecule has 0 unspecified atom stereocenters. The lowest BCUT2D eigenvalue weighted by atomic mass is 10.1. The lowest BCUT2D eigenvalue weighted by Crippen LogP contribution is -2.06. The van der Waals surface area contributed by atoms with Crippen LogP contribution in [0, 0.1) is 0 Å². The lowest BCUT2D eigenvalue weighted by Gasteiger charge is -2.07. The van der Waals surface area contributed by atoms with Gasteiger partial charge in [0.05, 0.1) is 12.8 Å². The summed E-state index contributed by atoms with van der Waals surface area (Å²) in [6, 6.07) is 15.1. The molecule has 0 atom stereocenters. The molecule has 0 saturated carbocycles.